The van der Waals surface area contributed by atoms with Crippen LogP contribution in [0, 0.1) is 0 Å². The number of fused-ring (bicyclic) bond motifs is 1. The van der Waals surface area contributed by atoms with E-state index in [1.165, 1.54) is 11.1 Å². The second-order valence-corrected chi connectivity index (χ2v) is 5.39. The van der Waals surface area contributed by atoms with Crippen LogP contribution in [0.3, 0.4) is 0 Å². The molecule has 2 aromatic heterocycles. The Morgan fingerprint density at radius 1 is 1.41 bits per heavy atom. The Hall–Kier alpha value is -1.76. The summed E-state index contributed by atoms with van der Waals surface area (Å²) >= 11 is 0. The van der Waals surface area contributed by atoms with Gasteiger partial charge in [0.25, 0.3) is 0 Å². The minimum atomic E-state index is 0.0226. The van der Waals surface area contributed by atoms with Crippen molar-refractivity contribution in [1.29, 1.82) is 0 Å². The van der Waals surface area contributed by atoms with Gasteiger partial charge < -0.3 is 14.8 Å². The van der Waals surface area contributed by atoms with Crippen molar-refractivity contribution < 1.29 is 9.47 Å². The van der Waals surface area contributed by atoms with E-state index in [-0.39, 0.29) is 6.10 Å². The first-order valence-electron chi connectivity index (χ1n) is 7.63. The van der Waals surface area contributed by atoms with Crippen LogP contribution in [0.5, 0.6) is 0 Å². The van der Waals surface area contributed by atoms with E-state index in [9.17, 15) is 0 Å². The molecule has 0 spiro atoms. The summed E-state index contributed by atoms with van der Waals surface area (Å²) in [6, 6.07) is 4.03. The van der Waals surface area contributed by atoms with E-state index in [4.69, 9.17) is 9.47 Å². The van der Waals surface area contributed by atoms with E-state index in [1.54, 1.807) is 7.11 Å². The molecule has 0 unspecified atom stereocenters. The highest BCUT2D eigenvalue weighted by Gasteiger charge is 2.24. The second kappa shape index (κ2) is 7.49. The van der Waals surface area contributed by atoms with Gasteiger partial charge in [0.2, 0.25) is 0 Å². The summed E-state index contributed by atoms with van der Waals surface area (Å²) in [7, 11) is 1.71. The van der Waals surface area contributed by atoms with Crippen LogP contribution in [-0.2, 0) is 29.0 Å². The largest absolute Gasteiger partial charge is 0.383 e. The Labute approximate surface area is 130 Å². The lowest BCUT2D eigenvalue weighted by molar-refractivity contribution is 0.0392. The topological polar surface area (TPSA) is 61.2 Å². The lowest BCUT2D eigenvalue weighted by atomic mass is 10.1. The number of nitrogens with zero attached hydrogens (tertiary/aromatic N) is 3. The van der Waals surface area contributed by atoms with Crippen molar-refractivity contribution >= 4 is 0 Å². The van der Waals surface area contributed by atoms with E-state index in [0.29, 0.717) is 6.61 Å². The maximum atomic E-state index is 5.88. The third kappa shape index (κ3) is 3.71. The monoisotopic (exact) mass is 302 g/mol. The first kappa shape index (κ1) is 15.1. The van der Waals surface area contributed by atoms with E-state index < -0.39 is 0 Å². The van der Waals surface area contributed by atoms with Gasteiger partial charge in [0.05, 0.1) is 25.5 Å². The molecule has 1 aliphatic heterocycles. The van der Waals surface area contributed by atoms with Gasteiger partial charge in [0.15, 0.2) is 0 Å². The molecule has 2 aromatic rings. The maximum Gasteiger partial charge on any atom is 0.114 e. The van der Waals surface area contributed by atoms with Crippen LogP contribution in [0.15, 0.2) is 30.7 Å². The summed E-state index contributed by atoms with van der Waals surface area (Å²) in [6.07, 6.45) is 6.69. The van der Waals surface area contributed by atoms with Crippen LogP contribution in [-0.4, -0.2) is 41.6 Å². The van der Waals surface area contributed by atoms with Crippen molar-refractivity contribution in [3.63, 3.8) is 0 Å². The van der Waals surface area contributed by atoms with Crippen LogP contribution < -0.4 is 5.32 Å². The Morgan fingerprint density at radius 2 is 2.27 bits per heavy atom. The number of methoxy groups -OCH3 is 1. The molecule has 0 amide bonds. The van der Waals surface area contributed by atoms with Gasteiger partial charge in [-0.25, -0.2) is 0 Å². The third-order valence-corrected chi connectivity index (χ3v) is 3.80. The molecule has 3 rings (SSSR count). The minimum absolute atomic E-state index is 0.0226. The van der Waals surface area contributed by atoms with Crippen molar-refractivity contribution in [3.8, 4) is 0 Å². The van der Waals surface area contributed by atoms with Crippen LogP contribution in [0.4, 0.5) is 0 Å². The lowest BCUT2D eigenvalue weighted by Crippen LogP contribution is -2.27. The van der Waals surface area contributed by atoms with Gasteiger partial charge in [0, 0.05) is 38.8 Å². The fourth-order valence-electron chi connectivity index (χ4n) is 2.63. The van der Waals surface area contributed by atoms with E-state index >= 15 is 0 Å². The van der Waals surface area contributed by atoms with E-state index in [1.807, 2.05) is 29.2 Å². The molecule has 3 heterocycles. The molecule has 6 heteroatoms. The number of nitrogens with one attached hydrogen (secondary N) is 1. The number of ether oxygens (including phenoxy) is 2. The summed E-state index contributed by atoms with van der Waals surface area (Å²) in [5.74, 6) is 0. The molecular formula is C16H22N4O2. The molecule has 0 fully saturated rings. The number of hydrogen-bond acceptors (Lipinski definition) is 5. The Morgan fingerprint density at radius 3 is 3.09 bits per heavy atom. The van der Waals surface area contributed by atoms with Crippen molar-refractivity contribution in [2.75, 3.05) is 26.9 Å². The second-order valence-electron chi connectivity index (χ2n) is 5.39. The van der Waals surface area contributed by atoms with Crippen LogP contribution >= 0.6 is 0 Å². The highest BCUT2D eigenvalue weighted by Crippen LogP contribution is 2.25. The zero-order valence-corrected chi connectivity index (χ0v) is 12.9. The van der Waals surface area contributed by atoms with Gasteiger partial charge in [-0.2, -0.15) is 5.10 Å². The van der Waals surface area contributed by atoms with Crippen molar-refractivity contribution in [1.82, 2.24) is 20.1 Å². The number of hydrogen-bond donors (Lipinski definition) is 1. The molecule has 118 valence electrons. The quantitative estimate of drug-likeness (QED) is 0.836. The molecule has 0 bridgehead atoms. The van der Waals surface area contributed by atoms with Gasteiger partial charge >= 0.3 is 0 Å². The molecule has 0 radical (unpaired) electrons. The molecule has 0 aromatic carbocycles. The molecule has 6 nitrogen and oxygen atoms in total. The standard InChI is InChI=1S/C16H22N4O2/c1-21-9-7-20-12-14-4-8-22-15(16(14)19-20)11-18-10-13-2-5-17-6-3-13/h2-3,5-6,12,15,18H,4,7-11H2,1H3/t15-/m0/s1. The molecule has 1 atom stereocenters. The maximum absolute atomic E-state index is 5.88. The molecule has 0 aliphatic carbocycles. The fourth-order valence-corrected chi connectivity index (χ4v) is 2.63. The van der Waals surface area contributed by atoms with Gasteiger partial charge in [-0.3, -0.25) is 9.67 Å². The Balaban J connectivity index is 1.58. The SMILES string of the molecule is COCCn1cc2c(n1)[C@H](CNCc1ccncc1)OCC2. The van der Waals surface area contributed by atoms with Crippen LogP contribution in [0.25, 0.3) is 0 Å². The van der Waals surface area contributed by atoms with Crippen LogP contribution in [0.1, 0.15) is 22.9 Å². The number of pyridine rings is 1. The van der Waals surface area contributed by atoms with Crippen LogP contribution in [0.2, 0.25) is 0 Å². The average molecular weight is 302 g/mol. The summed E-state index contributed by atoms with van der Waals surface area (Å²) in [4.78, 5) is 4.02. The number of rotatable bonds is 7. The molecule has 0 saturated carbocycles. The minimum Gasteiger partial charge on any atom is -0.383 e. The normalized spacial score (nSPS) is 17.4. The predicted octanol–water partition coefficient (Wildman–Crippen LogP) is 1.33. The third-order valence-electron chi connectivity index (χ3n) is 3.80. The predicted molar refractivity (Wildman–Crippen MR) is 82.4 cm³/mol. The molecule has 1 aliphatic rings. The Bertz CT molecular complexity index is 585. The summed E-state index contributed by atoms with van der Waals surface area (Å²) < 4.78 is 12.9. The van der Waals surface area contributed by atoms with Crippen molar-refractivity contribution in [2.24, 2.45) is 0 Å². The average Bonchev–Trinajstić information content (AvgIpc) is 2.98. The Kier molecular flexibility index (Phi) is 5.15. The fraction of sp³-hybridized carbons (Fsp3) is 0.500. The van der Waals surface area contributed by atoms with Gasteiger partial charge in [-0.15, -0.1) is 0 Å². The molecule has 22 heavy (non-hydrogen) atoms. The summed E-state index contributed by atoms with van der Waals surface area (Å²) in [5, 5.41) is 8.10. The molecular weight excluding hydrogens is 280 g/mol. The lowest BCUT2D eigenvalue weighted by Gasteiger charge is -2.22. The first-order chi connectivity index (χ1) is 10.9. The smallest absolute Gasteiger partial charge is 0.114 e. The van der Waals surface area contributed by atoms with Gasteiger partial charge in [0.1, 0.15) is 6.10 Å². The van der Waals surface area contributed by atoms with Gasteiger partial charge in [-0.1, -0.05) is 0 Å². The van der Waals surface area contributed by atoms with Crippen molar-refractivity contribution in [3.05, 3.63) is 47.5 Å². The highest BCUT2D eigenvalue weighted by atomic mass is 16.5. The van der Waals surface area contributed by atoms with E-state index in [2.05, 4.69) is 21.6 Å². The van der Waals surface area contributed by atoms with E-state index in [0.717, 1.165) is 38.4 Å². The highest BCUT2D eigenvalue weighted by molar-refractivity contribution is 5.22. The number of aromatic nitrogens is 3. The first-order valence-corrected chi connectivity index (χ1v) is 7.63. The summed E-state index contributed by atoms with van der Waals surface area (Å²) in [5.41, 5.74) is 3.57. The molecule has 0 saturated heterocycles. The van der Waals surface area contributed by atoms with Crippen molar-refractivity contribution in [2.45, 2.75) is 25.6 Å². The summed E-state index contributed by atoms with van der Waals surface area (Å²) in [6.45, 7) is 3.77. The molecule has 1 N–H and O–H groups in total. The zero-order valence-electron chi connectivity index (χ0n) is 12.9. The van der Waals surface area contributed by atoms with Gasteiger partial charge in [-0.05, 0) is 29.7 Å². The zero-order chi connectivity index (χ0) is 15.2.